The fourth-order valence-electron chi connectivity index (χ4n) is 1.32. The molecule has 0 bridgehead atoms. The Morgan fingerprint density at radius 2 is 1.60 bits per heavy atom. The maximum absolute atomic E-state index is 6.25. The fourth-order valence-corrected chi connectivity index (χ4v) is 4.11. The summed E-state index contributed by atoms with van der Waals surface area (Å²) in [4.78, 5) is 1.19. The van der Waals surface area contributed by atoms with Crippen molar-refractivity contribution in [3.05, 3.63) is 39.2 Å². The average molecular weight is 277 g/mol. The van der Waals surface area contributed by atoms with Crippen LogP contribution in [0.2, 0.25) is 5.02 Å². The van der Waals surface area contributed by atoms with E-state index in [9.17, 15) is 0 Å². The summed E-state index contributed by atoms with van der Waals surface area (Å²) < 4.78 is 0.917. The van der Waals surface area contributed by atoms with Crippen LogP contribution in [0, 0.1) is 0 Å². The van der Waals surface area contributed by atoms with Gasteiger partial charge < -0.3 is 0 Å². The molecule has 15 heavy (non-hydrogen) atoms. The molecule has 0 amide bonds. The van der Waals surface area contributed by atoms with Crippen LogP contribution in [0.15, 0.2) is 28.6 Å². The molecule has 0 nitrogen and oxygen atoms in total. The SMILES string of the molecule is ClC1=C(c2ccc(Cl)cc2)SCCCS1. The predicted molar refractivity (Wildman–Crippen MR) is 73.8 cm³/mol. The molecular weight excluding hydrogens is 267 g/mol. The van der Waals surface area contributed by atoms with Gasteiger partial charge >= 0.3 is 0 Å². The van der Waals surface area contributed by atoms with Gasteiger partial charge in [0, 0.05) is 9.93 Å². The van der Waals surface area contributed by atoms with Crippen molar-refractivity contribution >= 4 is 51.6 Å². The summed E-state index contributed by atoms with van der Waals surface area (Å²) in [6, 6.07) is 7.87. The Balaban J connectivity index is 2.31. The number of halogens is 2. The van der Waals surface area contributed by atoms with Gasteiger partial charge in [-0.2, -0.15) is 0 Å². The van der Waals surface area contributed by atoms with E-state index in [1.807, 2.05) is 36.0 Å². The summed E-state index contributed by atoms with van der Waals surface area (Å²) in [6.07, 6.45) is 1.21. The van der Waals surface area contributed by atoms with E-state index in [1.165, 1.54) is 16.9 Å². The summed E-state index contributed by atoms with van der Waals surface area (Å²) >= 11 is 15.7. The van der Waals surface area contributed by atoms with E-state index in [-0.39, 0.29) is 0 Å². The molecule has 1 aliphatic heterocycles. The highest BCUT2D eigenvalue weighted by Gasteiger charge is 2.12. The van der Waals surface area contributed by atoms with Gasteiger partial charge in [0.15, 0.2) is 0 Å². The second kappa shape index (κ2) is 5.53. The number of hydrogen-bond acceptors (Lipinski definition) is 2. The second-order valence-electron chi connectivity index (χ2n) is 3.16. The first-order chi connectivity index (χ1) is 7.27. The Hall–Kier alpha value is 0.240. The van der Waals surface area contributed by atoms with E-state index in [1.54, 1.807) is 11.8 Å². The lowest BCUT2D eigenvalue weighted by Gasteiger charge is -2.06. The lowest BCUT2D eigenvalue weighted by Crippen LogP contribution is -1.82. The Bertz CT molecular complexity index is 371. The molecule has 1 aromatic rings. The molecule has 2 rings (SSSR count). The van der Waals surface area contributed by atoms with Gasteiger partial charge in [-0.3, -0.25) is 0 Å². The van der Waals surface area contributed by atoms with Crippen molar-refractivity contribution in [3.63, 3.8) is 0 Å². The lowest BCUT2D eigenvalue weighted by molar-refractivity contribution is 1.13. The quantitative estimate of drug-likeness (QED) is 0.702. The van der Waals surface area contributed by atoms with E-state index in [2.05, 4.69) is 0 Å². The van der Waals surface area contributed by atoms with Crippen LogP contribution in [0.3, 0.4) is 0 Å². The molecule has 0 spiro atoms. The average Bonchev–Trinajstić information content (AvgIpc) is 2.44. The van der Waals surface area contributed by atoms with Gasteiger partial charge in [0.25, 0.3) is 0 Å². The third-order valence-electron chi connectivity index (χ3n) is 2.05. The lowest BCUT2D eigenvalue weighted by atomic mass is 10.2. The molecule has 0 atom stereocenters. The Kier molecular flexibility index (Phi) is 4.32. The van der Waals surface area contributed by atoms with Gasteiger partial charge in [-0.25, -0.2) is 0 Å². The summed E-state index contributed by atoms with van der Waals surface area (Å²) in [7, 11) is 0. The minimum Gasteiger partial charge on any atom is -0.123 e. The second-order valence-corrected chi connectivity index (χ2v) is 6.41. The van der Waals surface area contributed by atoms with Crippen LogP contribution in [-0.2, 0) is 0 Å². The maximum Gasteiger partial charge on any atom is 0.0877 e. The first-order valence-electron chi connectivity index (χ1n) is 4.68. The van der Waals surface area contributed by atoms with Crippen LogP contribution in [0.5, 0.6) is 0 Å². The van der Waals surface area contributed by atoms with Gasteiger partial charge in [0.05, 0.1) is 4.36 Å². The van der Waals surface area contributed by atoms with Crippen molar-refractivity contribution in [3.8, 4) is 0 Å². The zero-order chi connectivity index (χ0) is 10.7. The zero-order valence-electron chi connectivity index (χ0n) is 8.00. The molecule has 1 heterocycles. The molecule has 1 aliphatic rings. The summed E-state index contributed by atoms with van der Waals surface area (Å²) in [5.41, 5.74) is 1.17. The molecule has 0 saturated heterocycles. The minimum absolute atomic E-state index is 0.766. The van der Waals surface area contributed by atoms with Crippen molar-refractivity contribution < 1.29 is 0 Å². The fraction of sp³-hybridized carbons (Fsp3) is 0.273. The smallest absolute Gasteiger partial charge is 0.0877 e. The van der Waals surface area contributed by atoms with Crippen LogP contribution >= 0.6 is 46.7 Å². The molecule has 0 unspecified atom stereocenters. The third-order valence-corrected chi connectivity index (χ3v) is 5.23. The first kappa shape index (κ1) is 11.7. The molecule has 0 saturated carbocycles. The van der Waals surface area contributed by atoms with Crippen LogP contribution in [-0.4, -0.2) is 11.5 Å². The van der Waals surface area contributed by atoms with Crippen molar-refractivity contribution in [1.29, 1.82) is 0 Å². The molecule has 0 aliphatic carbocycles. The van der Waals surface area contributed by atoms with E-state index in [4.69, 9.17) is 23.2 Å². The Morgan fingerprint density at radius 1 is 0.933 bits per heavy atom. The van der Waals surface area contributed by atoms with Gasteiger partial charge in [0.1, 0.15) is 0 Å². The van der Waals surface area contributed by atoms with E-state index >= 15 is 0 Å². The first-order valence-corrected chi connectivity index (χ1v) is 7.41. The normalized spacial score (nSPS) is 17.7. The Morgan fingerprint density at radius 3 is 2.33 bits per heavy atom. The van der Waals surface area contributed by atoms with E-state index < -0.39 is 0 Å². The highest BCUT2D eigenvalue weighted by molar-refractivity contribution is 8.12. The molecule has 1 aromatic carbocycles. The molecule has 4 heteroatoms. The highest BCUT2D eigenvalue weighted by atomic mass is 35.5. The molecule has 0 fully saturated rings. The number of thioether (sulfide) groups is 2. The predicted octanol–water partition coefficient (Wildman–Crippen LogP) is 5.08. The topological polar surface area (TPSA) is 0 Å². The minimum atomic E-state index is 0.766. The van der Waals surface area contributed by atoms with Crippen LogP contribution in [0.1, 0.15) is 12.0 Å². The number of rotatable bonds is 1. The summed E-state index contributed by atoms with van der Waals surface area (Å²) in [5.74, 6) is 2.25. The van der Waals surface area contributed by atoms with Gasteiger partial charge in [-0.05, 0) is 35.6 Å². The van der Waals surface area contributed by atoms with E-state index in [0.717, 1.165) is 20.9 Å². The zero-order valence-corrected chi connectivity index (χ0v) is 11.1. The number of hydrogen-bond donors (Lipinski definition) is 0. The van der Waals surface area contributed by atoms with Crippen LogP contribution < -0.4 is 0 Å². The molecule has 80 valence electrons. The summed E-state index contributed by atoms with van der Waals surface area (Å²) in [6.45, 7) is 0. The Labute approximate surface area is 108 Å². The van der Waals surface area contributed by atoms with Crippen molar-refractivity contribution in [2.24, 2.45) is 0 Å². The third kappa shape index (κ3) is 3.10. The van der Waals surface area contributed by atoms with Crippen LogP contribution in [0.4, 0.5) is 0 Å². The van der Waals surface area contributed by atoms with Gasteiger partial charge in [-0.15, -0.1) is 23.5 Å². The number of benzene rings is 1. The van der Waals surface area contributed by atoms with E-state index in [0.29, 0.717) is 0 Å². The van der Waals surface area contributed by atoms with Crippen molar-refractivity contribution in [2.75, 3.05) is 11.5 Å². The van der Waals surface area contributed by atoms with Gasteiger partial charge in [-0.1, -0.05) is 35.3 Å². The van der Waals surface area contributed by atoms with Crippen molar-refractivity contribution in [2.45, 2.75) is 6.42 Å². The standard InChI is InChI=1S/C11H10Cl2S2/c12-9-4-2-8(3-5-9)10-11(13)15-7-1-6-14-10/h2-5H,1,6-7H2. The molecule has 0 aromatic heterocycles. The monoisotopic (exact) mass is 276 g/mol. The summed E-state index contributed by atoms with van der Waals surface area (Å²) in [5, 5.41) is 0.766. The van der Waals surface area contributed by atoms with Crippen LogP contribution in [0.25, 0.3) is 4.91 Å². The molecular formula is C11H10Cl2S2. The highest BCUT2D eigenvalue weighted by Crippen LogP contribution is 2.41. The maximum atomic E-state index is 6.25. The molecule has 0 radical (unpaired) electrons. The molecule has 0 N–H and O–H groups in total. The van der Waals surface area contributed by atoms with Gasteiger partial charge in [0.2, 0.25) is 0 Å². The largest absolute Gasteiger partial charge is 0.123 e. The van der Waals surface area contributed by atoms with Crippen molar-refractivity contribution in [1.82, 2.24) is 0 Å².